The maximum absolute atomic E-state index is 12.5. The molecule has 6 nitrogen and oxygen atoms in total. The summed E-state index contributed by atoms with van der Waals surface area (Å²) < 4.78 is 1.03. The highest BCUT2D eigenvalue weighted by Crippen LogP contribution is 2.23. The van der Waals surface area contributed by atoms with Crippen molar-refractivity contribution in [2.75, 3.05) is 26.2 Å². The number of nitrogens with two attached hydrogens (primary N) is 1. The smallest absolute Gasteiger partial charge is 0.272 e. The second-order valence-corrected chi connectivity index (χ2v) is 8.40. The van der Waals surface area contributed by atoms with Crippen molar-refractivity contribution in [1.29, 1.82) is 0 Å². The van der Waals surface area contributed by atoms with Crippen molar-refractivity contribution in [1.82, 2.24) is 14.8 Å². The van der Waals surface area contributed by atoms with Crippen LogP contribution in [-0.2, 0) is 11.2 Å². The quantitative estimate of drug-likeness (QED) is 0.813. The predicted octanol–water partition coefficient (Wildman–Crippen LogP) is 1.76. The van der Waals surface area contributed by atoms with Gasteiger partial charge in [0.25, 0.3) is 5.91 Å². The summed E-state index contributed by atoms with van der Waals surface area (Å²) in [6.07, 6.45) is 2.14. The largest absolute Gasteiger partial charge is 0.338 e. The Bertz CT molecular complexity index is 744. The maximum atomic E-state index is 12.5. The number of piperazine rings is 1. The maximum Gasteiger partial charge on any atom is 0.272 e. The normalized spacial score (nSPS) is 15.9. The van der Waals surface area contributed by atoms with Crippen LogP contribution in [0.1, 0.15) is 15.4 Å². The third-order valence-electron chi connectivity index (χ3n) is 4.13. The molecule has 3 rings (SSSR count). The Hall–Kier alpha value is -1.77. The monoisotopic (exact) mass is 422 g/mol. The molecule has 132 valence electrons. The van der Waals surface area contributed by atoms with Gasteiger partial charge in [0.2, 0.25) is 5.91 Å². The first-order valence-electron chi connectivity index (χ1n) is 8.03. The van der Waals surface area contributed by atoms with Crippen molar-refractivity contribution in [3.63, 3.8) is 0 Å². The van der Waals surface area contributed by atoms with Gasteiger partial charge in [0.05, 0.1) is 9.83 Å². The Morgan fingerprint density at radius 3 is 2.48 bits per heavy atom. The van der Waals surface area contributed by atoms with Crippen LogP contribution in [0.15, 0.2) is 40.3 Å². The molecule has 1 unspecified atom stereocenters. The van der Waals surface area contributed by atoms with Crippen LogP contribution in [0.25, 0.3) is 0 Å². The summed E-state index contributed by atoms with van der Waals surface area (Å²) in [7, 11) is 0. The number of rotatable bonds is 4. The van der Waals surface area contributed by atoms with E-state index in [9.17, 15) is 9.59 Å². The summed E-state index contributed by atoms with van der Waals surface area (Å²) in [5, 5.41) is 0. The molecule has 3 heterocycles. The first-order chi connectivity index (χ1) is 12.0. The molecule has 0 bridgehead atoms. The zero-order chi connectivity index (χ0) is 17.8. The zero-order valence-corrected chi connectivity index (χ0v) is 16.0. The lowest BCUT2D eigenvalue weighted by Gasteiger charge is -2.35. The van der Waals surface area contributed by atoms with Crippen molar-refractivity contribution in [3.8, 4) is 0 Å². The lowest BCUT2D eigenvalue weighted by Crippen LogP contribution is -2.54. The molecule has 25 heavy (non-hydrogen) atoms. The van der Waals surface area contributed by atoms with E-state index in [1.54, 1.807) is 45.5 Å². The molecule has 1 atom stereocenters. The van der Waals surface area contributed by atoms with Crippen LogP contribution in [0.5, 0.6) is 0 Å². The number of hydrogen-bond acceptors (Lipinski definition) is 5. The van der Waals surface area contributed by atoms with Crippen molar-refractivity contribution in [2.45, 2.75) is 12.5 Å². The number of thiophene rings is 1. The Balaban J connectivity index is 1.53. The van der Waals surface area contributed by atoms with E-state index >= 15 is 0 Å². The van der Waals surface area contributed by atoms with E-state index in [2.05, 4.69) is 20.9 Å². The molecule has 1 fully saturated rings. The average molecular weight is 423 g/mol. The summed E-state index contributed by atoms with van der Waals surface area (Å²) in [6, 6.07) is 8.66. The highest BCUT2D eigenvalue weighted by molar-refractivity contribution is 9.11. The van der Waals surface area contributed by atoms with Crippen molar-refractivity contribution in [3.05, 3.63) is 50.9 Å². The number of carbonyl (C=O) groups excluding carboxylic acids is 2. The Kier molecular flexibility index (Phi) is 5.82. The fourth-order valence-electron chi connectivity index (χ4n) is 2.78. The Labute approximate surface area is 158 Å². The molecule has 0 saturated carbocycles. The van der Waals surface area contributed by atoms with Crippen LogP contribution in [-0.4, -0.2) is 58.8 Å². The highest BCUT2D eigenvalue weighted by Gasteiger charge is 2.28. The minimum atomic E-state index is -0.552. The molecule has 0 radical (unpaired) electrons. The summed E-state index contributed by atoms with van der Waals surface area (Å²) in [6.45, 7) is 2.00. The second-order valence-electron chi connectivity index (χ2n) is 5.85. The zero-order valence-electron chi connectivity index (χ0n) is 13.6. The van der Waals surface area contributed by atoms with Gasteiger partial charge < -0.3 is 15.5 Å². The molecule has 0 aromatic carbocycles. The van der Waals surface area contributed by atoms with Gasteiger partial charge in [0, 0.05) is 43.7 Å². The fourth-order valence-corrected chi connectivity index (χ4v) is 4.32. The van der Waals surface area contributed by atoms with E-state index in [4.69, 9.17) is 5.73 Å². The topological polar surface area (TPSA) is 79.5 Å². The number of aromatic nitrogens is 1. The molecule has 0 aliphatic carbocycles. The Morgan fingerprint density at radius 1 is 1.16 bits per heavy atom. The number of carbonyl (C=O) groups is 2. The fraction of sp³-hybridized carbons (Fsp3) is 0.353. The van der Waals surface area contributed by atoms with Gasteiger partial charge in [-0.15, -0.1) is 11.3 Å². The highest BCUT2D eigenvalue weighted by atomic mass is 79.9. The number of nitrogens with zero attached hydrogens (tertiary/aromatic N) is 3. The summed E-state index contributed by atoms with van der Waals surface area (Å²) in [5.41, 5.74) is 6.52. The number of pyridine rings is 1. The molecule has 8 heteroatoms. The first-order valence-corrected chi connectivity index (χ1v) is 9.64. The van der Waals surface area contributed by atoms with Gasteiger partial charge >= 0.3 is 0 Å². The van der Waals surface area contributed by atoms with Crippen LogP contribution < -0.4 is 5.73 Å². The summed E-state index contributed by atoms with van der Waals surface area (Å²) in [4.78, 5) is 33.6. The van der Waals surface area contributed by atoms with Crippen LogP contribution in [0.3, 0.4) is 0 Å². The molecular formula is C17H19BrN4O2S. The van der Waals surface area contributed by atoms with Crippen molar-refractivity contribution < 1.29 is 9.59 Å². The SMILES string of the molecule is NC(Cc1ccc(Br)s1)C(=O)N1CCN(C(=O)c2ccccn2)CC1. The van der Waals surface area contributed by atoms with Gasteiger partial charge in [0.1, 0.15) is 5.69 Å². The third kappa shape index (κ3) is 4.45. The standard InChI is InChI=1S/C17H19BrN4O2S/c18-15-5-4-12(25-15)11-13(19)16(23)21-7-9-22(10-8-21)17(24)14-3-1-2-6-20-14/h1-6,13H,7-11,19H2. The Morgan fingerprint density at radius 2 is 1.88 bits per heavy atom. The van der Waals surface area contributed by atoms with Crippen LogP contribution >= 0.6 is 27.3 Å². The van der Waals surface area contributed by atoms with E-state index in [0.717, 1.165) is 8.66 Å². The van der Waals surface area contributed by atoms with Gasteiger partial charge in [-0.3, -0.25) is 14.6 Å². The van der Waals surface area contributed by atoms with Crippen LogP contribution in [0.4, 0.5) is 0 Å². The van der Waals surface area contributed by atoms with Crippen LogP contribution in [0.2, 0.25) is 0 Å². The lowest BCUT2D eigenvalue weighted by atomic mass is 10.1. The second kappa shape index (κ2) is 8.07. The molecule has 2 aromatic heterocycles. The van der Waals surface area contributed by atoms with Gasteiger partial charge in [-0.1, -0.05) is 6.07 Å². The molecule has 2 aromatic rings. The van der Waals surface area contributed by atoms with Gasteiger partial charge in [0.15, 0.2) is 0 Å². The minimum Gasteiger partial charge on any atom is -0.338 e. The van der Waals surface area contributed by atoms with Gasteiger partial charge in [-0.2, -0.15) is 0 Å². The molecule has 1 saturated heterocycles. The number of amides is 2. The average Bonchev–Trinajstić information content (AvgIpc) is 3.06. The molecule has 0 spiro atoms. The van der Waals surface area contributed by atoms with Gasteiger partial charge in [-0.25, -0.2) is 0 Å². The molecule has 1 aliphatic rings. The van der Waals surface area contributed by atoms with E-state index in [1.807, 2.05) is 12.1 Å². The van der Waals surface area contributed by atoms with E-state index in [-0.39, 0.29) is 11.8 Å². The van der Waals surface area contributed by atoms with E-state index in [1.165, 1.54) is 0 Å². The predicted molar refractivity (Wildman–Crippen MR) is 100 cm³/mol. The molecular weight excluding hydrogens is 404 g/mol. The van der Waals surface area contributed by atoms with Crippen LogP contribution in [0, 0.1) is 0 Å². The molecule has 1 aliphatic heterocycles. The minimum absolute atomic E-state index is 0.0607. The van der Waals surface area contributed by atoms with E-state index in [0.29, 0.717) is 38.3 Å². The molecule has 2 amide bonds. The van der Waals surface area contributed by atoms with Crippen molar-refractivity contribution >= 4 is 39.1 Å². The van der Waals surface area contributed by atoms with E-state index < -0.39 is 6.04 Å². The third-order valence-corrected chi connectivity index (χ3v) is 5.78. The van der Waals surface area contributed by atoms with Crippen molar-refractivity contribution in [2.24, 2.45) is 5.73 Å². The lowest BCUT2D eigenvalue weighted by molar-refractivity contribution is -0.134. The first kappa shape index (κ1) is 18.0. The van der Waals surface area contributed by atoms with Gasteiger partial charge in [-0.05, 0) is 40.2 Å². The summed E-state index contributed by atoms with van der Waals surface area (Å²) >= 11 is 5.00. The molecule has 2 N–H and O–H groups in total. The number of halogens is 1. The number of hydrogen-bond donors (Lipinski definition) is 1. The summed E-state index contributed by atoms with van der Waals surface area (Å²) in [5.74, 6) is -0.158.